The molecule has 1 aliphatic carbocycles. The van der Waals surface area contributed by atoms with E-state index in [2.05, 4.69) is 26.2 Å². The molecule has 2 aliphatic rings. The lowest BCUT2D eigenvalue weighted by atomic mass is 9.88. The van der Waals surface area contributed by atoms with Crippen LogP contribution in [0.25, 0.3) is 0 Å². The molecule has 148 valence electrons. The summed E-state index contributed by atoms with van der Waals surface area (Å²) in [4.78, 5) is 21.6. The molecule has 2 fully saturated rings. The highest BCUT2D eigenvalue weighted by molar-refractivity contribution is 6.30. The highest BCUT2D eigenvalue weighted by atomic mass is 35.5. The van der Waals surface area contributed by atoms with Crippen molar-refractivity contribution in [3.63, 3.8) is 0 Å². The van der Waals surface area contributed by atoms with Gasteiger partial charge in [0, 0.05) is 42.8 Å². The van der Waals surface area contributed by atoms with Gasteiger partial charge in [0.25, 0.3) is 0 Å². The van der Waals surface area contributed by atoms with E-state index in [4.69, 9.17) is 11.6 Å². The van der Waals surface area contributed by atoms with Crippen molar-refractivity contribution in [3.05, 3.63) is 47.6 Å². The van der Waals surface area contributed by atoms with Crippen LogP contribution >= 0.6 is 11.6 Å². The molecule has 1 aliphatic heterocycles. The lowest BCUT2D eigenvalue weighted by molar-refractivity contribution is -0.120. The summed E-state index contributed by atoms with van der Waals surface area (Å²) in [5, 5.41) is 3.81. The maximum Gasteiger partial charge on any atom is 0.227 e. The number of hydrogen-bond acceptors (Lipinski definition) is 4. The van der Waals surface area contributed by atoms with Crippen LogP contribution in [0.2, 0.25) is 5.02 Å². The van der Waals surface area contributed by atoms with Crippen molar-refractivity contribution >= 4 is 34.7 Å². The molecule has 6 heteroatoms. The zero-order valence-electron chi connectivity index (χ0n) is 16.1. The molecule has 0 unspecified atom stereocenters. The van der Waals surface area contributed by atoms with Gasteiger partial charge in [-0.1, -0.05) is 36.9 Å². The largest absolute Gasteiger partial charge is 0.368 e. The number of piperazine rings is 1. The molecule has 1 saturated carbocycles. The molecule has 0 spiro atoms. The average molecular weight is 399 g/mol. The molecule has 0 bridgehead atoms. The Kier molecular flexibility index (Phi) is 6.01. The van der Waals surface area contributed by atoms with Crippen molar-refractivity contribution in [3.8, 4) is 0 Å². The van der Waals surface area contributed by atoms with Gasteiger partial charge in [-0.15, -0.1) is 0 Å². The predicted octanol–water partition coefficient (Wildman–Crippen LogP) is 4.58. The van der Waals surface area contributed by atoms with E-state index in [0.29, 0.717) is 0 Å². The monoisotopic (exact) mass is 398 g/mol. The Morgan fingerprint density at radius 3 is 2.43 bits per heavy atom. The molecule has 2 heterocycles. The maximum absolute atomic E-state index is 12.4. The van der Waals surface area contributed by atoms with E-state index < -0.39 is 0 Å². The molecule has 0 radical (unpaired) electrons. The van der Waals surface area contributed by atoms with Gasteiger partial charge >= 0.3 is 0 Å². The second-order valence-corrected chi connectivity index (χ2v) is 8.12. The van der Waals surface area contributed by atoms with Crippen LogP contribution in [-0.2, 0) is 4.79 Å². The van der Waals surface area contributed by atoms with Gasteiger partial charge in [-0.05, 0) is 43.2 Å². The fourth-order valence-electron chi connectivity index (χ4n) is 4.12. The number of benzene rings is 1. The zero-order valence-corrected chi connectivity index (χ0v) is 16.9. The number of aromatic nitrogens is 1. The van der Waals surface area contributed by atoms with Gasteiger partial charge in [-0.2, -0.15) is 0 Å². The van der Waals surface area contributed by atoms with E-state index in [0.717, 1.165) is 68.4 Å². The SMILES string of the molecule is O=C(Nc1ccc(N2CCN(c3cccc(Cl)c3)CC2)nc1)C1CCCCC1. The summed E-state index contributed by atoms with van der Waals surface area (Å²) in [5.74, 6) is 1.26. The number of nitrogens with zero attached hydrogens (tertiary/aromatic N) is 3. The molecule has 1 amide bonds. The number of halogens is 1. The first-order valence-corrected chi connectivity index (χ1v) is 10.6. The molecule has 0 atom stereocenters. The topological polar surface area (TPSA) is 48.5 Å². The van der Waals surface area contributed by atoms with E-state index in [-0.39, 0.29) is 11.8 Å². The van der Waals surface area contributed by atoms with Crippen LogP contribution in [0.5, 0.6) is 0 Å². The first kappa shape index (κ1) is 19.1. The highest BCUT2D eigenvalue weighted by Crippen LogP contribution is 2.26. The first-order valence-electron chi connectivity index (χ1n) is 10.2. The predicted molar refractivity (Wildman–Crippen MR) is 115 cm³/mol. The number of rotatable bonds is 4. The number of pyridine rings is 1. The normalized spacial score (nSPS) is 18.2. The minimum Gasteiger partial charge on any atom is -0.368 e. The summed E-state index contributed by atoms with van der Waals surface area (Å²) in [6.07, 6.45) is 7.37. The Morgan fingerprint density at radius 1 is 1.00 bits per heavy atom. The Balaban J connectivity index is 1.31. The Bertz CT molecular complexity index is 796. The molecule has 1 aromatic carbocycles. The summed E-state index contributed by atoms with van der Waals surface area (Å²) in [5.41, 5.74) is 1.96. The van der Waals surface area contributed by atoms with Gasteiger partial charge < -0.3 is 15.1 Å². The van der Waals surface area contributed by atoms with Crippen molar-refractivity contribution in [1.29, 1.82) is 0 Å². The zero-order chi connectivity index (χ0) is 19.3. The molecule has 1 aromatic heterocycles. The number of nitrogens with one attached hydrogen (secondary N) is 1. The lowest BCUT2D eigenvalue weighted by Gasteiger charge is -2.36. The average Bonchev–Trinajstić information content (AvgIpc) is 2.75. The lowest BCUT2D eigenvalue weighted by Crippen LogP contribution is -2.46. The van der Waals surface area contributed by atoms with Crippen molar-refractivity contribution in [1.82, 2.24) is 4.98 Å². The molecular weight excluding hydrogens is 372 g/mol. The van der Waals surface area contributed by atoms with Crippen LogP contribution in [0.4, 0.5) is 17.2 Å². The van der Waals surface area contributed by atoms with Gasteiger partial charge in [-0.3, -0.25) is 4.79 Å². The third-order valence-corrected chi connectivity index (χ3v) is 6.00. The molecule has 5 nitrogen and oxygen atoms in total. The van der Waals surface area contributed by atoms with Gasteiger partial charge in [0.05, 0.1) is 11.9 Å². The molecular formula is C22H27ClN4O. The Hall–Kier alpha value is -2.27. The second-order valence-electron chi connectivity index (χ2n) is 7.68. The highest BCUT2D eigenvalue weighted by Gasteiger charge is 2.22. The fourth-order valence-corrected chi connectivity index (χ4v) is 4.31. The smallest absolute Gasteiger partial charge is 0.227 e. The van der Waals surface area contributed by atoms with Crippen LogP contribution in [0.15, 0.2) is 42.6 Å². The third kappa shape index (κ3) is 4.58. The Labute approximate surface area is 171 Å². The van der Waals surface area contributed by atoms with Crippen molar-refractivity contribution in [2.45, 2.75) is 32.1 Å². The second kappa shape index (κ2) is 8.82. The van der Waals surface area contributed by atoms with Crippen LogP contribution < -0.4 is 15.1 Å². The third-order valence-electron chi connectivity index (χ3n) is 5.77. The number of amides is 1. The van der Waals surface area contributed by atoms with Crippen molar-refractivity contribution in [2.24, 2.45) is 5.92 Å². The molecule has 1 N–H and O–H groups in total. The van der Waals surface area contributed by atoms with Gasteiger partial charge in [0.15, 0.2) is 0 Å². The van der Waals surface area contributed by atoms with Gasteiger partial charge in [0.2, 0.25) is 5.91 Å². The van der Waals surface area contributed by atoms with E-state index in [9.17, 15) is 4.79 Å². The van der Waals surface area contributed by atoms with Gasteiger partial charge in [-0.25, -0.2) is 4.98 Å². The molecule has 1 saturated heterocycles. The van der Waals surface area contributed by atoms with E-state index in [1.807, 2.05) is 30.3 Å². The minimum atomic E-state index is 0.143. The van der Waals surface area contributed by atoms with Crippen LogP contribution in [0, 0.1) is 5.92 Å². The summed E-state index contributed by atoms with van der Waals surface area (Å²) in [7, 11) is 0. The number of carbonyl (C=O) groups is 1. The number of carbonyl (C=O) groups excluding carboxylic acids is 1. The van der Waals surface area contributed by atoms with E-state index in [1.165, 1.54) is 12.1 Å². The number of hydrogen-bond donors (Lipinski definition) is 1. The standard InChI is InChI=1S/C22H27ClN4O/c23-18-7-4-8-20(15-18)26-11-13-27(14-12-26)21-10-9-19(16-24-21)25-22(28)17-5-2-1-3-6-17/h4,7-10,15-17H,1-3,5-6,11-14H2,(H,25,28). The van der Waals surface area contributed by atoms with Gasteiger partial charge in [0.1, 0.15) is 5.82 Å². The molecule has 2 aromatic rings. The summed E-state index contributed by atoms with van der Waals surface area (Å²) >= 11 is 6.11. The summed E-state index contributed by atoms with van der Waals surface area (Å²) < 4.78 is 0. The fraction of sp³-hybridized carbons (Fsp3) is 0.455. The minimum absolute atomic E-state index is 0.143. The van der Waals surface area contributed by atoms with Crippen LogP contribution in [-0.4, -0.2) is 37.1 Å². The van der Waals surface area contributed by atoms with Crippen molar-refractivity contribution in [2.75, 3.05) is 41.3 Å². The van der Waals surface area contributed by atoms with E-state index in [1.54, 1.807) is 6.20 Å². The van der Waals surface area contributed by atoms with E-state index >= 15 is 0 Å². The van der Waals surface area contributed by atoms with Crippen LogP contribution in [0.3, 0.4) is 0 Å². The summed E-state index contributed by atoms with van der Waals surface area (Å²) in [6.45, 7) is 3.69. The molecule has 28 heavy (non-hydrogen) atoms. The quantitative estimate of drug-likeness (QED) is 0.818. The Morgan fingerprint density at radius 2 is 1.75 bits per heavy atom. The maximum atomic E-state index is 12.4. The number of anilines is 3. The van der Waals surface area contributed by atoms with Crippen LogP contribution in [0.1, 0.15) is 32.1 Å². The first-order chi connectivity index (χ1) is 13.7. The molecule has 4 rings (SSSR count). The van der Waals surface area contributed by atoms with Crippen molar-refractivity contribution < 1.29 is 4.79 Å². The summed E-state index contributed by atoms with van der Waals surface area (Å²) in [6, 6.07) is 12.0.